The van der Waals surface area contributed by atoms with Crippen LogP contribution < -0.4 is 10.2 Å². The lowest BCUT2D eigenvalue weighted by atomic mass is 10.1. The molecule has 114 valence electrons. The van der Waals surface area contributed by atoms with Crippen molar-refractivity contribution in [3.05, 3.63) is 23.4 Å². The summed E-state index contributed by atoms with van der Waals surface area (Å²) in [5.74, 6) is 5.69. The Bertz CT molecular complexity index is 752. The minimum absolute atomic E-state index is 0.160. The lowest BCUT2D eigenvalue weighted by Gasteiger charge is -2.31. The number of hydrogen-bond acceptors (Lipinski definition) is 4. The number of halogens is 1. The number of hydrogen-bond donors (Lipinski definition) is 1. The monoisotopic (exact) mass is 317 g/mol. The molecule has 1 amide bonds. The van der Waals surface area contributed by atoms with Crippen LogP contribution in [0.2, 0.25) is 5.02 Å². The van der Waals surface area contributed by atoms with Gasteiger partial charge in [-0.2, -0.15) is 0 Å². The summed E-state index contributed by atoms with van der Waals surface area (Å²) in [6.45, 7) is 3.26. The molecular formula is C15H16ClN5O. The minimum atomic E-state index is -0.208. The quantitative estimate of drug-likeness (QED) is 0.853. The summed E-state index contributed by atoms with van der Waals surface area (Å²) in [5, 5.41) is 12.0. The Morgan fingerprint density at radius 3 is 2.86 bits per heavy atom. The van der Waals surface area contributed by atoms with Crippen molar-refractivity contribution in [2.45, 2.75) is 25.8 Å². The van der Waals surface area contributed by atoms with Crippen LogP contribution in [0, 0.1) is 11.8 Å². The second-order valence-corrected chi connectivity index (χ2v) is 5.62. The maximum Gasteiger partial charge on any atom is 0.296 e. The third kappa shape index (κ3) is 3.00. The van der Waals surface area contributed by atoms with E-state index in [0.717, 1.165) is 37.5 Å². The number of pyridine rings is 1. The number of anilines is 1. The molecule has 2 aromatic heterocycles. The van der Waals surface area contributed by atoms with Crippen molar-refractivity contribution in [1.82, 2.24) is 19.9 Å². The number of amides is 1. The first-order valence-corrected chi connectivity index (χ1v) is 7.53. The zero-order valence-electron chi connectivity index (χ0n) is 12.2. The van der Waals surface area contributed by atoms with Crippen LogP contribution in [-0.4, -0.2) is 39.6 Å². The lowest BCUT2D eigenvalue weighted by Crippen LogP contribution is -2.44. The normalized spacial score (nSPS) is 15.5. The van der Waals surface area contributed by atoms with Crippen molar-refractivity contribution >= 4 is 29.1 Å². The molecule has 0 bridgehead atoms. The van der Waals surface area contributed by atoms with Crippen molar-refractivity contribution in [3.8, 4) is 11.8 Å². The van der Waals surface area contributed by atoms with Crippen LogP contribution in [0.3, 0.4) is 0 Å². The Morgan fingerprint density at radius 2 is 2.14 bits per heavy atom. The van der Waals surface area contributed by atoms with Crippen molar-refractivity contribution in [3.63, 3.8) is 0 Å². The third-order valence-corrected chi connectivity index (χ3v) is 3.92. The van der Waals surface area contributed by atoms with Crippen molar-refractivity contribution < 1.29 is 4.79 Å². The van der Waals surface area contributed by atoms with Crippen LogP contribution in [0.5, 0.6) is 0 Å². The second-order valence-electron chi connectivity index (χ2n) is 5.19. The Balaban J connectivity index is 1.69. The number of aromatic nitrogens is 3. The van der Waals surface area contributed by atoms with E-state index in [-0.39, 0.29) is 11.9 Å². The largest absolute Gasteiger partial charge is 0.342 e. The van der Waals surface area contributed by atoms with E-state index in [2.05, 4.69) is 32.3 Å². The zero-order valence-corrected chi connectivity index (χ0v) is 13.0. The van der Waals surface area contributed by atoms with Crippen LogP contribution in [0.1, 0.15) is 19.8 Å². The van der Waals surface area contributed by atoms with Gasteiger partial charge in [0.25, 0.3) is 5.91 Å². The maximum absolute atomic E-state index is 11.5. The molecule has 0 spiro atoms. The van der Waals surface area contributed by atoms with Gasteiger partial charge in [0.1, 0.15) is 0 Å². The first-order chi connectivity index (χ1) is 10.7. The maximum atomic E-state index is 11.5. The molecule has 0 aromatic carbocycles. The van der Waals surface area contributed by atoms with E-state index in [1.807, 2.05) is 16.7 Å². The molecule has 0 aliphatic carbocycles. The highest BCUT2D eigenvalue weighted by atomic mass is 35.5. The Morgan fingerprint density at radius 1 is 1.36 bits per heavy atom. The molecule has 1 fully saturated rings. The van der Waals surface area contributed by atoms with Crippen LogP contribution in [0.4, 0.5) is 5.95 Å². The SMILES string of the molecule is CC#CC(=O)NC1CCN(c2nnc3ccc(Cl)cn23)CC1. The van der Waals surface area contributed by atoms with E-state index >= 15 is 0 Å². The first-order valence-electron chi connectivity index (χ1n) is 7.16. The molecule has 1 aliphatic rings. The van der Waals surface area contributed by atoms with E-state index in [1.165, 1.54) is 0 Å². The fraction of sp³-hybridized carbons (Fsp3) is 0.400. The predicted molar refractivity (Wildman–Crippen MR) is 84.8 cm³/mol. The van der Waals surface area contributed by atoms with Gasteiger partial charge in [-0.05, 0) is 37.8 Å². The summed E-state index contributed by atoms with van der Waals surface area (Å²) in [7, 11) is 0. The highest BCUT2D eigenvalue weighted by molar-refractivity contribution is 6.30. The summed E-state index contributed by atoms with van der Waals surface area (Å²) in [5.41, 5.74) is 0.771. The van der Waals surface area contributed by atoms with E-state index in [1.54, 1.807) is 13.0 Å². The number of carbonyl (C=O) groups excluding carboxylic acids is 1. The molecule has 6 nitrogen and oxygen atoms in total. The van der Waals surface area contributed by atoms with Crippen LogP contribution in [-0.2, 0) is 4.79 Å². The number of carbonyl (C=O) groups is 1. The van der Waals surface area contributed by atoms with Crippen LogP contribution in [0.25, 0.3) is 5.65 Å². The third-order valence-electron chi connectivity index (χ3n) is 3.70. The Labute approximate surface area is 133 Å². The van der Waals surface area contributed by atoms with E-state index in [9.17, 15) is 4.79 Å². The average Bonchev–Trinajstić information content (AvgIpc) is 2.91. The molecule has 0 unspecified atom stereocenters. The van der Waals surface area contributed by atoms with Crippen LogP contribution in [0.15, 0.2) is 18.3 Å². The van der Waals surface area contributed by atoms with Gasteiger partial charge in [-0.3, -0.25) is 9.20 Å². The molecule has 2 aromatic rings. The van der Waals surface area contributed by atoms with E-state index < -0.39 is 0 Å². The van der Waals surface area contributed by atoms with E-state index in [0.29, 0.717) is 5.02 Å². The van der Waals surface area contributed by atoms with Gasteiger partial charge in [0.05, 0.1) is 5.02 Å². The highest BCUT2D eigenvalue weighted by Gasteiger charge is 2.23. The number of fused-ring (bicyclic) bond motifs is 1. The molecule has 7 heteroatoms. The summed E-state index contributed by atoms with van der Waals surface area (Å²) in [6.07, 6.45) is 3.52. The average molecular weight is 318 g/mol. The highest BCUT2D eigenvalue weighted by Crippen LogP contribution is 2.20. The summed E-state index contributed by atoms with van der Waals surface area (Å²) < 4.78 is 1.89. The molecule has 1 aliphatic heterocycles. The summed E-state index contributed by atoms with van der Waals surface area (Å²) in [4.78, 5) is 13.7. The molecule has 3 rings (SSSR count). The Hall–Kier alpha value is -2.26. The van der Waals surface area contributed by atoms with E-state index in [4.69, 9.17) is 11.6 Å². The van der Waals surface area contributed by atoms with Gasteiger partial charge >= 0.3 is 0 Å². The molecule has 0 atom stereocenters. The van der Waals surface area contributed by atoms with Gasteiger partial charge in [0.15, 0.2) is 5.65 Å². The topological polar surface area (TPSA) is 62.5 Å². The standard InChI is InChI=1S/C15H16ClN5O/c1-2-3-14(22)17-12-6-8-20(9-7-12)15-19-18-13-5-4-11(16)10-21(13)15/h4-5,10,12H,6-9H2,1H3,(H,17,22). The molecule has 22 heavy (non-hydrogen) atoms. The van der Waals surface area contributed by atoms with Gasteiger partial charge in [-0.15, -0.1) is 10.2 Å². The molecule has 0 radical (unpaired) electrons. The fourth-order valence-electron chi connectivity index (χ4n) is 2.63. The minimum Gasteiger partial charge on any atom is -0.342 e. The van der Waals surface area contributed by atoms with Gasteiger partial charge in [0.2, 0.25) is 5.95 Å². The number of piperidine rings is 1. The lowest BCUT2D eigenvalue weighted by molar-refractivity contribution is -0.116. The van der Waals surface area contributed by atoms with Gasteiger partial charge in [-0.1, -0.05) is 17.5 Å². The number of nitrogens with zero attached hydrogens (tertiary/aromatic N) is 4. The number of nitrogens with one attached hydrogen (secondary N) is 1. The number of rotatable bonds is 2. The van der Waals surface area contributed by atoms with Gasteiger partial charge < -0.3 is 10.2 Å². The van der Waals surface area contributed by atoms with Crippen molar-refractivity contribution in [2.75, 3.05) is 18.0 Å². The predicted octanol–water partition coefficient (Wildman–Crippen LogP) is 1.49. The first kappa shape index (κ1) is 14.7. The van der Waals surface area contributed by atoms with Gasteiger partial charge in [0, 0.05) is 25.3 Å². The van der Waals surface area contributed by atoms with Crippen molar-refractivity contribution in [2.24, 2.45) is 0 Å². The fourth-order valence-corrected chi connectivity index (χ4v) is 2.79. The Kier molecular flexibility index (Phi) is 4.16. The summed E-state index contributed by atoms with van der Waals surface area (Å²) in [6, 6.07) is 3.80. The van der Waals surface area contributed by atoms with Crippen LogP contribution >= 0.6 is 11.6 Å². The molecule has 1 saturated heterocycles. The molecule has 0 saturated carbocycles. The smallest absolute Gasteiger partial charge is 0.296 e. The summed E-state index contributed by atoms with van der Waals surface area (Å²) >= 11 is 6.04. The zero-order chi connectivity index (χ0) is 15.5. The second kappa shape index (κ2) is 6.24. The molecule has 3 heterocycles. The van der Waals surface area contributed by atoms with Gasteiger partial charge in [-0.25, -0.2) is 0 Å². The molecular weight excluding hydrogens is 302 g/mol. The van der Waals surface area contributed by atoms with Crippen molar-refractivity contribution in [1.29, 1.82) is 0 Å². The molecule has 1 N–H and O–H groups in total.